The molecule has 0 amide bonds. The van der Waals surface area contributed by atoms with Crippen LogP contribution in [0.5, 0.6) is 0 Å². The van der Waals surface area contributed by atoms with Gasteiger partial charge in [0.1, 0.15) is 5.82 Å². The van der Waals surface area contributed by atoms with Crippen LogP contribution in [0.1, 0.15) is 24.0 Å². The van der Waals surface area contributed by atoms with Crippen LogP contribution < -0.4 is 5.73 Å². The fourth-order valence-corrected chi connectivity index (χ4v) is 2.46. The Bertz CT molecular complexity index is 452. The zero-order valence-electron chi connectivity index (χ0n) is 9.47. The standard InChI is InChI=1S/C12H13F4NO/c13-10-3-7(12(14,15)16)1-2-9(10)11(6-17)4-8(18)5-11/h1-3,8,18H,4-6,17H2. The second-order valence-electron chi connectivity index (χ2n) is 4.74. The van der Waals surface area contributed by atoms with E-state index in [1.165, 1.54) is 0 Å². The predicted molar refractivity (Wildman–Crippen MR) is 57.4 cm³/mol. The molecule has 2 rings (SSSR count). The third-order valence-electron chi connectivity index (χ3n) is 3.51. The number of aliphatic hydroxyl groups is 1. The molecular weight excluding hydrogens is 250 g/mol. The van der Waals surface area contributed by atoms with Gasteiger partial charge in [0, 0.05) is 12.0 Å². The summed E-state index contributed by atoms with van der Waals surface area (Å²) in [6.07, 6.45) is -4.55. The maximum absolute atomic E-state index is 13.8. The van der Waals surface area contributed by atoms with Crippen LogP contribution in [0.3, 0.4) is 0 Å². The van der Waals surface area contributed by atoms with Gasteiger partial charge in [-0.25, -0.2) is 4.39 Å². The highest BCUT2D eigenvalue weighted by atomic mass is 19.4. The van der Waals surface area contributed by atoms with Crippen LogP contribution in [0.25, 0.3) is 0 Å². The van der Waals surface area contributed by atoms with Crippen molar-refractivity contribution in [3.63, 3.8) is 0 Å². The molecule has 1 aliphatic rings. The summed E-state index contributed by atoms with van der Waals surface area (Å²) in [5.74, 6) is -0.915. The van der Waals surface area contributed by atoms with Gasteiger partial charge in [0.15, 0.2) is 0 Å². The fourth-order valence-electron chi connectivity index (χ4n) is 2.46. The largest absolute Gasteiger partial charge is 0.416 e. The summed E-state index contributed by atoms with van der Waals surface area (Å²) in [7, 11) is 0. The van der Waals surface area contributed by atoms with E-state index >= 15 is 0 Å². The molecule has 0 saturated heterocycles. The zero-order chi connectivity index (χ0) is 13.6. The van der Waals surface area contributed by atoms with Crippen molar-refractivity contribution in [1.29, 1.82) is 0 Å². The molecule has 6 heteroatoms. The van der Waals surface area contributed by atoms with Crippen LogP contribution in [0, 0.1) is 5.82 Å². The Hall–Kier alpha value is -1.14. The SMILES string of the molecule is NCC1(c2ccc(C(F)(F)F)cc2F)CC(O)C1. The molecule has 18 heavy (non-hydrogen) atoms. The van der Waals surface area contributed by atoms with Gasteiger partial charge in [-0.15, -0.1) is 0 Å². The average Bonchev–Trinajstić information content (AvgIpc) is 2.23. The van der Waals surface area contributed by atoms with Crippen molar-refractivity contribution >= 4 is 0 Å². The van der Waals surface area contributed by atoms with Gasteiger partial charge in [0.05, 0.1) is 11.7 Å². The molecule has 3 N–H and O–H groups in total. The van der Waals surface area contributed by atoms with Crippen molar-refractivity contribution in [3.05, 3.63) is 35.1 Å². The first-order chi connectivity index (χ1) is 8.28. The first-order valence-corrected chi connectivity index (χ1v) is 5.54. The van der Waals surface area contributed by atoms with Gasteiger partial charge in [-0.1, -0.05) is 6.07 Å². The third kappa shape index (κ3) is 2.10. The lowest BCUT2D eigenvalue weighted by Gasteiger charge is -2.45. The Morgan fingerprint density at radius 1 is 1.33 bits per heavy atom. The van der Waals surface area contributed by atoms with Gasteiger partial charge < -0.3 is 10.8 Å². The van der Waals surface area contributed by atoms with Gasteiger partial charge in [0.2, 0.25) is 0 Å². The van der Waals surface area contributed by atoms with E-state index in [-0.39, 0.29) is 24.9 Å². The molecule has 0 bridgehead atoms. The molecular formula is C12H13F4NO. The van der Waals surface area contributed by atoms with Crippen molar-refractivity contribution in [2.45, 2.75) is 30.5 Å². The lowest BCUT2D eigenvalue weighted by molar-refractivity contribution is -0.137. The van der Waals surface area contributed by atoms with Crippen molar-refractivity contribution in [2.75, 3.05) is 6.54 Å². The number of alkyl halides is 3. The monoisotopic (exact) mass is 263 g/mol. The molecule has 0 atom stereocenters. The third-order valence-corrected chi connectivity index (χ3v) is 3.51. The number of nitrogens with two attached hydrogens (primary N) is 1. The Labute approximate surface area is 101 Å². The summed E-state index contributed by atoms with van der Waals surface area (Å²) >= 11 is 0. The highest BCUT2D eigenvalue weighted by Gasteiger charge is 2.45. The van der Waals surface area contributed by atoms with Crippen LogP contribution in [0.4, 0.5) is 17.6 Å². The minimum atomic E-state index is -4.56. The predicted octanol–water partition coefficient (Wildman–Crippen LogP) is 2.20. The van der Waals surface area contributed by atoms with Crippen LogP contribution in [0.2, 0.25) is 0 Å². The Morgan fingerprint density at radius 2 is 1.94 bits per heavy atom. The highest BCUT2D eigenvalue weighted by molar-refractivity contribution is 5.35. The van der Waals surface area contributed by atoms with E-state index < -0.39 is 29.1 Å². The number of hydrogen-bond donors (Lipinski definition) is 2. The van der Waals surface area contributed by atoms with Gasteiger partial charge in [0.25, 0.3) is 0 Å². The Kier molecular flexibility index (Phi) is 3.11. The van der Waals surface area contributed by atoms with E-state index in [2.05, 4.69) is 0 Å². The summed E-state index contributed by atoms with van der Waals surface area (Å²) < 4.78 is 51.0. The first-order valence-electron chi connectivity index (χ1n) is 5.54. The van der Waals surface area contributed by atoms with Crippen LogP contribution in [-0.2, 0) is 11.6 Å². The van der Waals surface area contributed by atoms with E-state index in [0.717, 1.165) is 12.1 Å². The zero-order valence-corrected chi connectivity index (χ0v) is 9.47. The second kappa shape index (κ2) is 4.20. The summed E-state index contributed by atoms with van der Waals surface area (Å²) in [5, 5.41) is 9.29. The topological polar surface area (TPSA) is 46.2 Å². The van der Waals surface area contributed by atoms with Crippen molar-refractivity contribution in [2.24, 2.45) is 5.73 Å². The molecule has 1 saturated carbocycles. The normalized spacial score (nSPS) is 28.0. The van der Waals surface area contributed by atoms with Crippen LogP contribution >= 0.6 is 0 Å². The smallest absolute Gasteiger partial charge is 0.393 e. The van der Waals surface area contributed by atoms with Gasteiger partial charge in [-0.3, -0.25) is 0 Å². The summed E-state index contributed by atoms with van der Waals surface area (Å²) in [6, 6.07) is 2.45. The Morgan fingerprint density at radius 3 is 2.33 bits per heavy atom. The minimum Gasteiger partial charge on any atom is -0.393 e. The number of rotatable bonds is 2. The van der Waals surface area contributed by atoms with Gasteiger partial charge in [-0.2, -0.15) is 13.2 Å². The fraction of sp³-hybridized carbons (Fsp3) is 0.500. The maximum Gasteiger partial charge on any atom is 0.416 e. The van der Waals surface area contributed by atoms with E-state index in [4.69, 9.17) is 5.73 Å². The number of halogens is 4. The Balaban J connectivity index is 2.36. The summed E-state index contributed by atoms with van der Waals surface area (Å²) in [6.45, 7) is 0.104. The van der Waals surface area contributed by atoms with Crippen molar-refractivity contribution in [3.8, 4) is 0 Å². The molecule has 0 radical (unpaired) electrons. The molecule has 1 aromatic carbocycles. The van der Waals surface area contributed by atoms with E-state index in [9.17, 15) is 22.7 Å². The minimum absolute atomic E-state index is 0.104. The maximum atomic E-state index is 13.8. The number of benzene rings is 1. The van der Waals surface area contributed by atoms with E-state index in [0.29, 0.717) is 6.07 Å². The molecule has 1 aliphatic carbocycles. The molecule has 2 nitrogen and oxygen atoms in total. The molecule has 0 aliphatic heterocycles. The molecule has 100 valence electrons. The summed E-state index contributed by atoms with van der Waals surface area (Å²) in [5.41, 5.74) is 3.97. The molecule has 0 unspecified atom stereocenters. The first kappa shape index (κ1) is 13.3. The highest BCUT2D eigenvalue weighted by Crippen LogP contribution is 2.44. The van der Waals surface area contributed by atoms with Gasteiger partial charge >= 0.3 is 6.18 Å². The lowest BCUT2D eigenvalue weighted by atomic mass is 9.62. The quantitative estimate of drug-likeness (QED) is 0.803. The molecule has 0 aromatic heterocycles. The number of hydrogen-bond acceptors (Lipinski definition) is 2. The number of aliphatic hydroxyl groups excluding tert-OH is 1. The van der Waals surface area contributed by atoms with Gasteiger partial charge in [-0.05, 0) is 30.5 Å². The summed E-state index contributed by atoms with van der Waals surface area (Å²) in [4.78, 5) is 0. The molecule has 0 heterocycles. The lowest BCUT2D eigenvalue weighted by Crippen LogP contribution is -2.50. The van der Waals surface area contributed by atoms with Crippen molar-refractivity contribution in [1.82, 2.24) is 0 Å². The van der Waals surface area contributed by atoms with E-state index in [1.807, 2.05) is 0 Å². The van der Waals surface area contributed by atoms with Crippen molar-refractivity contribution < 1.29 is 22.7 Å². The molecule has 0 spiro atoms. The van der Waals surface area contributed by atoms with Crippen LogP contribution in [0.15, 0.2) is 18.2 Å². The molecule has 1 aromatic rings. The average molecular weight is 263 g/mol. The van der Waals surface area contributed by atoms with Crippen LogP contribution in [-0.4, -0.2) is 17.8 Å². The van der Waals surface area contributed by atoms with E-state index in [1.54, 1.807) is 0 Å². The second-order valence-corrected chi connectivity index (χ2v) is 4.74. The molecule has 1 fully saturated rings.